The Morgan fingerprint density at radius 3 is 1.60 bits per heavy atom. The Labute approximate surface area is 93.2 Å². The summed E-state index contributed by atoms with van der Waals surface area (Å²) in [6.45, 7) is 5.57. The normalized spacial score (nSPS) is 13.1. The maximum Gasteiger partial charge on any atom is 0.0893 e. The molecule has 0 aromatic rings. The fourth-order valence-electron chi connectivity index (χ4n) is 1.24. The van der Waals surface area contributed by atoms with Gasteiger partial charge in [-0.3, -0.25) is 0 Å². The van der Waals surface area contributed by atoms with Crippen LogP contribution in [-0.2, 0) is 4.74 Å². The zero-order valence-corrected chi connectivity index (χ0v) is 9.96. The van der Waals surface area contributed by atoms with Crippen LogP contribution < -0.4 is 11.5 Å². The zero-order valence-electron chi connectivity index (χ0n) is 9.96. The minimum Gasteiger partial charge on any atom is -0.473 e. The van der Waals surface area contributed by atoms with Gasteiger partial charge >= 0.3 is 0 Å². The first-order valence-corrected chi connectivity index (χ1v) is 5.69. The summed E-state index contributed by atoms with van der Waals surface area (Å²) in [5.74, 6) is 0. The van der Waals surface area contributed by atoms with Gasteiger partial charge in [0.25, 0.3) is 0 Å². The van der Waals surface area contributed by atoms with Crippen molar-refractivity contribution in [3.63, 3.8) is 0 Å². The second-order valence-corrected chi connectivity index (χ2v) is 3.47. The Bertz CT molecular complexity index is 188. The van der Waals surface area contributed by atoms with E-state index in [1.807, 2.05) is 0 Å². The molecule has 0 unspecified atom stereocenters. The van der Waals surface area contributed by atoms with E-state index in [0.717, 1.165) is 25.7 Å². The minimum absolute atomic E-state index is 0.677. The van der Waals surface area contributed by atoms with Crippen LogP contribution in [-0.4, -0.2) is 13.1 Å². The highest BCUT2D eigenvalue weighted by Crippen LogP contribution is 2.08. The van der Waals surface area contributed by atoms with Crippen LogP contribution in [0, 0.1) is 0 Å². The van der Waals surface area contributed by atoms with Crippen molar-refractivity contribution in [2.45, 2.75) is 39.5 Å². The first-order valence-electron chi connectivity index (χ1n) is 5.69. The molecule has 3 nitrogen and oxygen atoms in total. The van der Waals surface area contributed by atoms with Crippen LogP contribution in [0.3, 0.4) is 0 Å². The summed E-state index contributed by atoms with van der Waals surface area (Å²) >= 11 is 0. The molecule has 3 heteroatoms. The number of nitrogens with two attached hydrogens (primary N) is 2. The van der Waals surface area contributed by atoms with Crippen molar-refractivity contribution >= 4 is 0 Å². The molecular formula is C12H24N2O. The molecule has 0 radical (unpaired) electrons. The standard InChI is InChI=1S/C12H24N2O/c1-3-11(5-7-13)9-15-10-12(4-2)6-8-14/h9-10H,3-8,13-14H2,1-2H3. The summed E-state index contributed by atoms with van der Waals surface area (Å²) in [6.07, 6.45) is 7.40. The molecule has 0 fully saturated rings. The van der Waals surface area contributed by atoms with Gasteiger partial charge in [-0.15, -0.1) is 0 Å². The summed E-state index contributed by atoms with van der Waals surface area (Å²) in [7, 11) is 0. The number of ether oxygens (including phenoxy) is 1. The third-order valence-electron chi connectivity index (χ3n) is 2.31. The monoisotopic (exact) mass is 212 g/mol. The maximum absolute atomic E-state index is 5.48. The van der Waals surface area contributed by atoms with E-state index in [0.29, 0.717) is 13.1 Å². The predicted molar refractivity (Wildman–Crippen MR) is 65.2 cm³/mol. The number of hydrogen-bond donors (Lipinski definition) is 2. The van der Waals surface area contributed by atoms with E-state index >= 15 is 0 Å². The highest BCUT2D eigenvalue weighted by atomic mass is 16.5. The lowest BCUT2D eigenvalue weighted by atomic mass is 10.1. The molecule has 4 N–H and O–H groups in total. The Balaban J connectivity index is 4.09. The second kappa shape index (κ2) is 9.74. The van der Waals surface area contributed by atoms with Crippen LogP contribution in [0.15, 0.2) is 23.7 Å². The SMILES string of the molecule is CCC(=COC=C(CC)CCN)CCN. The van der Waals surface area contributed by atoms with E-state index in [1.165, 1.54) is 11.1 Å². The zero-order chi connectivity index (χ0) is 11.5. The lowest BCUT2D eigenvalue weighted by Gasteiger charge is -2.04. The van der Waals surface area contributed by atoms with Gasteiger partial charge in [0.05, 0.1) is 12.5 Å². The van der Waals surface area contributed by atoms with Gasteiger partial charge in [0, 0.05) is 0 Å². The largest absolute Gasteiger partial charge is 0.473 e. The van der Waals surface area contributed by atoms with E-state index < -0.39 is 0 Å². The van der Waals surface area contributed by atoms with Crippen molar-refractivity contribution in [3.05, 3.63) is 23.7 Å². The highest BCUT2D eigenvalue weighted by Gasteiger charge is 1.94. The molecule has 0 saturated carbocycles. The van der Waals surface area contributed by atoms with Crippen molar-refractivity contribution in [1.82, 2.24) is 0 Å². The van der Waals surface area contributed by atoms with Crippen molar-refractivity contribution in [2.24, 2.45) is 11.5 Å². The molecule has 0 aliphatic rings. The van der Waals surface area contributed by atoms with Crippen LogP contribution >= 0.6 is 0 Å². The summed E-state index contributed by atoms with van der Waals surface area (Å²) in [5, 5.41) is 0. The molecule has 0 aliphatic heterocycles. The first kappa shape index (κ1) is 14.2. The summed E-state index contributed by atoms with van der Waals surface area (Å²) < 4.78 is 5.41. The molecular weight excluding hydrogens is 188 g/mol. The third kappa shape index (κ3) is 7.17. The molecule has 0 aromatic carbocycles. The van der Waals surface area contributed by atoms with E-state index in [4.69, 9.17) is 16.2 Å². The van der Waals surface area contributed by atoms with E-state index in [-0.39, 0.29) is 0 Å². The van der Waals surface area contributed by atoms with Gasteiger partial charge in [0.2, 0.25) is 0 Å². The molecule has 0 heterocycles. The highest BCUT2D eigenvalue weighted by molar-refractivity contribution is 5.01. The maximum atomic E-state index is 5.48. The Morgan fingerprint density at radius 1 is 0.933 bits per heavy atom. The summed E-state index contributed by atoms with van der Waals surface area (Å²) in [6, 6.07) is 0. The predicted octanol–water partition coefficient (Wildman–Crippen LogP) is 2.29. The van der Waals surface area contributed by atoms with Gasteiger partial charge in [0.1, 0.15) is 0 Å². The van der Waals surface area contributed by atoms with Crippen LogP contribution in [0.1, 0.15) is 39.5 Å². The third-order valence-corrected chi connectivity index (χ3v) is 2.31. The fraction of sp³-hybridized carbons (Fsp3) is 0.667. The van der Waals surface area contributed by atoms with Crippen LogP contribution in [0.2, 0.25) is 0 Å². The lowest BCUT2D eigenvalue weighted by Crippen LogP contribution is -2.01. The summed E-state index contributed by atoms with van der Waals surface area (Å²) in [4.78, 5) is 0. The fourth-order valence-corrected chi connectivity index (χ4v) is 1.24. The average Bonchev–Trinajstić information content (AvgIpc) is 2.26. The van der Waals surface area contributed by atoms with Crippen molar-refractivity contribution < 1.29 is 4.74 Å². The smallest absolute Gasteiger partial charge is 0.0893 e. The van der Waals surface area contributed by atoms with E-state index in [9.17, 15) is 0 Å². The summed E-state index contributed by atoms with van der Waals surface area (Å²) in [5.41, 5.74) is 13.5. The van der Waals surface area contributed by atoms with Gasteiger partial charge in [-0.25, -0.2) is 0 Å². The van der Waals surface area contributed by atoms with Crippen molar-refractivity contribution in [2.75, 3.05) is 13.1 Å². The minimum atomic E-state index is 0.677. The first-order chi connectivity index (χ1) is 7.28. The van der Waals surface area contributed by atoms with E-state index in [1.54, 1.807) is 12.5 Å². The molecule has 0 amide bonds. The molecule has 0 bridgehead atoms. The molecule has 0 atom stereocenters. The van der Waals surface area contributed by atoms with Gasteiger partial charge in [-0.05, 0) is 49.9 Å². The van der Waals surface area contributed by atoms with Crippen LogP contribution in [0.5, 0.6) is 0 Å². The molecule has 0 aliphatic carbocycles. The lowest BCUT2D eigenvalue weighted by molar-refractivity contribution is 0.386. The molecule has 0 spiro atoms. The molecule has 88 valence electrons. The van der Waals surface area contributed by atoms with Crippen LogP contribution in [0.25, 0.3) is 0 Å². The van der Waals surface area contributed by atoms with Crippen molar-refractivity contribution in [1.29, 1.82) is 0 Å². The van der Waals surface area contributed by atoms with Crippen LogP contribution in [0.4, 0.5) is 0 Å². The number of hydrogen-bond acceptors (Lipinski definition) is 3. The Hall–Kier alpha value is -0.800. The van der Waals surface area contributed by atoms with Gasteiger partial charge in [-0.2, -0.15) is 0 Å². The average molecular weight is 212 g/mol. The quantitative estimate of drug-likeness (QED) is 0.607. The van der Waals surface area contributed by atoms with Crippen molar-refractivity contribution in [3.8, 4) is 0 Å². The van der Waals surface area contributed by atoms with Gasteiger partial charge < -0.3 is 16.2 Å². The topological polar surface area (TPSA) is 61.3 Å². The molecule has 0 aromatic heterocycles. The van der Waals surface area contributed by atoms with E-state index in [2.05, 4.69) is 13.8 Å². The molecule has 15 heavy (non-hydrogen) atoms. The van der Waals surface area contributed by atoms with Gasteiger partial charge in [-0.1, -0.05) is 13.8 Å². The Kier molecular flexibility index (Phi) is 9.22. The Morgan fingerprint density at radius 2 is 1.33 bits per heavy atom. The molecule has 0 saturated heterocycles. The molecule has 0 rings (SSSR count). The number of rotatable bonds is 8. The second-order valence-electron chi connectivity index (χ2n) is 3.47. The van der Waals surface area contributed by atoms with Gasteiger partial charge in [0.15, 0.2) is 0 Å².